The number of hydrogen-bond donors (Lipinski definition) is 2. The molecule has 6 nitrogen and oxygen atoms in total. The van der Waals surface area contributed by atoms with Gasteiger partial charge in [-0.25, -0.2) is 9.78 Å². The van der Waals surface area contributed by atoms with Crippen LogP contribution in [0, 0.1) is 0 Å². The highest BCUT2D eigenvalue weighted by molar-refractivity contribution is 6.26. The number of aromatic nitrogens is 2. The maximum atomic E-state index is 11.4. The zero-order valence-electron chi connectivity index (χ0n) is 14.8. The summed E-state index contributed by atoms with van der Waals surface area (Å²) in [5.41, 5.74) is 4.42. The van der Waals surface area contributed by atoms with Crippen LogP contribution < -0.4 is 10.5 Å². The Morgan fingerprint density at radius 2 is 2.11 bits per heavy atom. The summed E-state index contributed by atoms with van der Waals surface area (Å²) in [4.78, 5) is 16.3. The van der Waals surface area contributed by atoms with E-state index in [2.05, 4.69) is 28.1 Å². The summed E-state index contributed by atoms with van der Waals surface area (Å²) >= 11 is 0. The highest BCUT2D eigenvalue weighted by atomic mass is 16.5. The number of nitrogens with zero attached hydrogens (tertiary/aromatic N) is 2. The quantitative estimate of drug-likeness (QED) is 0.470. The van der Waals surface area contributed by atoms with Gasteiger partial charge in [0.1, 0.15) is 0 Å². The predicted molar refractivity (Wildman–Crippen MR) is 109 cm³/mol. The van der Waals surface area contributed by atoms with Crippen molar-refractivity contribution in [3.8, 4) is 0 Å². The molecule has 1 aliphatic rings. The van der Waals surface area contributed by atoms with Crippen LogP contribution >= 0.6 is 0 Å². The smallest absolute Gasteiger partial charge is 0.409 e. The summed E-state index contributed by atoms with van der Waals surface area (Å²) in [5, 5.41) is 16.8. The Balaban J connectivity index is 1.84. The van der Waals surface area contributed by atoms with Gasteiger partial charge in [0.15, 0.2) is 0 Å². The normalized spacial score (nSPS) is 13.9. The van der Waals surface area contributed by atoms with Gasteiger partial charge in [-0.3, -0.25) is 5.32 Å². The van der Waals surface area contributed by atoms with E-state index in [-0.39, 0.29) is 0 Å². The van der Waals surface area contributed by atoms with E-state index in [1.807, 2.05) is 36.5 Å². The number of carboxylic acid groups (broad SMARTS) is 1. The number of fused-ring (bicyclic) bond motifs is 5. The van der Waals surface area contributed by atoms with Crippen molar-refractivity contribution in [2.75, 3.05) is 11.9 Å². The Hall–Kier alpha value is -3.64. The second-order valence-electron chi connectivity index (χ2n) is 7.06. The molecule has 0 bridgehead atoms. The number of nitrogens with one attached hydrogen (secondary N) is 1. The van der Waals surface area contributed by atoms with Gasteiger partial charge in [-0.05, 0) is 28.8 Å². The monoisotopic (exact) mass is 369 g/mol. The zero-order valence-corrected chi connectivity index (χ0v) is 14.8. The third kappa shape index (κ3) is 2.06. The van der Waals surface area contributed by atoms with Crippen LogP contribution in [0.5, 0.6) is 0 Å². The van der Waals surface area contributed by atoms with Crippen molar-refractivity contribution in [3.05, 3.63) is 59.6 Å². The first kappa shape index (κ1) is 15.4. The van der Waals surface area contributed by atoms with Gasteiger partial charge in [0.2, 0.25) is 0 Å². The van der Waals surface area contributed by atoms with Gasteiger partial charge in [-0.1, -0.05) is 24.3 Å². The van der Waals surface area contributed by atoms with E-state index in [1.165, 1.54) is 0 Å². The Morgan fingerprint density at radius 3 is 3.00 bits per heavy atom. The van der Waals surface area contributed by atoms with Gasteiger partial charge in [0.25, 0.3) is 0 Å². The molecule has 1 aliphatic heterocycles. The average Bonchev–Trinajstić information content (AvgIpc) is 3.05. The van der Waals surface area contributed by atoms with Crippen molar-refractivity contribution in [1.82, 2.24) is 9.38 Å². The zero-order chi connectivity index (χ0) is 18.8. The van der Waals surface area contributed by atoms with E-state index < -0.39 is 6.09 Å². The fourth-order valence-corrected chi connectivity index (χ4v) is 4.26. The third-order valence-corrected chi connectivity index (χ3v) is 5.45. The number of hydrogen-bond acceptors (Lipinski definition) is 3. The molecule has 0 spiro atoms. The summed E-state index contributed by atoms with van der Waals surface area (Å²) in [5.74, 6) is 0. The first-order valence-electron chi connectivity index (χ1n) is 9.05. The maximum absolute atomic E-state index is 11.4. The Morgan fingerprint density at radius 1 is 1.18 bits per heavy atom. The van der Waals surface area contributed by atoms with Gasteiger partial charge in [0.05, 0.1) is 35.5 Å². The number of benzene rings is 2. The van der Waals surface area contributed by atoms with Crippen LogP contribution in [0.1, 0.15) is 5.56 Å². The molecule has 6 rings (SSSR count). The lowest BCUT2D eigenvalue weighted by Gasteiger charge is -2.11. The molecule has 4 heterocycles. The minimum atomic E-state index is -1.08. The predicted octanol–water partition coefficient (Wildman–Crippen LogP) is 3.91. The Kier molecular flexibility index (Phi) is 2.99. The average molecular weight is 369 g/mol. The second-order valence-corrected chi connectivity index (χ2v) is 7.06. The van der Waals surface area contributed by atoms with Gasteiger partial charge >= 0.3 is 6.09 Å². The van der Waals surface area contributed by atoms with Crippen molar-refractivity contribution in [2.45, 2.75) is 6.61 Å². The molecule has 0 aliphatic carbocycles. The highest BCUT2D eigenvalue weighted by Crippen LogP contribution is 2.38. The summed E-state index contributed by atoms with van der Waals surface area (Å²) in [6.07, 6.45) is 5.10. The van der Waals surface area contributed by atoms with Gasteiger partial charge < -0.3 is 14.2 Å². The molecule has 5 aromatic rings. The SMILES string of the molecule is O=C(O)Nc1ccc2cccc3nc4c(cn5cc6c(cc45)=CCOC6)c1c23. The van der Waals surface area contributed by atoms with Crippen LogP contribution in [0.25, 0.3) is 44.2 Å². The van der Waals surface area contributed by atoms with E-state index in [1.54, 1.807) is 0 Å². The van der Waals surface area contributed by atoms with Crippen molar-refractivity contribution in [2.24, 2.45) is 0 Å². The fraction of sp³-hybridized carbons (Fsp3) is 0.0909. The summed E-state index contributed by atoms with van der Waals surface area (Å²) in [6, 6.07) is 11.9. The lowest BCUT2D eigenvalue weighted by Crippen LogP contribution is -2.17. The minimum absolute atomic E-state index is 0.569. The maximum Gasteiger partial charge on any atom is 0.409 e. The molecule has 2 aromatic carbocycles. The number of carbonyl (C=O) groups is 1. The lowest BCUT2D eigenvalue weighted by molar-refractivity contribution is 0.150. The van der Waals surface area contributed by atoms with E-state index in [4.69, 9.17) is 9.72 Å². The van der Waals surface area contributed by atoms with Crippen LogP contribution in [-0.2, 0) is 11.3 Å². The molecule has 1 amide bonds. The first-order chi connectivity index (χ1) is 13.7. The Labute approximate surface area is 158 Å². The van der Waals surface area contributed by atoms with Gasteiger partial charge in [-0.15, -0.1) is 0 Å². The van der Waals surface area contributed by atoms with Crippen molar-refractivity contribution in [1.29, 1.82) is 0 Å². The molecule has 0 saturated carbocycles. The molecule has 0 unspecified atom stereocenters. The topological polar surface area (TPSA) is 75.9 Å². The number of rotatable bonds is 1. The summed E-state index contributed by atoms with van der Waals surface area (Å²) < 4.78 is 7.60. The molecular formula is C22H15N3O3. The molecule has 28 heavy (non-hydrogen) atoms. The molecule has 136 valence electrons. The van der Waals surface area contributed by atoms with Crippen LogP contribution in [0.4, 0.5) is 10.5 Å². The minimum Gasteiger partial charge on any atom is -0.465 e. The van der Waals surface area contributed by atoms with Crippen LogP contribution in [0.15, 0.2) is 48.8 Å². The number of ether oxygens (including phenoxy) is 1. The fourth-order valence-electron chi connectivity index (χ4n) is 4.26. The largest absolute Gasteiger partial charge is 0.465 e. The van der Waals surface area contributed by atoms with Crippen LogP contribution in [0.3, 0.4) is 0 Å². The Bertz CT molecular complexity index is 1500. The molecule has 0 fully saturated rings. The molecular weight excluding hydrogens is 354 g/mol. The van der Waals surface area contributed by atoms with Crippen molar-refractivity contribution < 1.29 is 14.6 Å². The number of amides is 1. The molecule has 3 aromatic heterocycles. The van der Waals surface area contributed by atoms with Crippen molar-refractivity contribution >= 4 is 56.0 Å². The highest BCUT2D eigenvalue weighted by Gasteiger charge is 2.17. The van der Waals surface area contributed by atoms with E-state index in [9.17, 15) is 9.90 Å². The van der Waals surface area contributed by atoms with Crippen LogP contribution in [-0.4, -0.2) is 27.2 Å². The number of anilines is 1. The molecule has 2 N–H and O–H groups in total. The third-order valence-electron chi connectivity index (χ3n) is 5.45. The summed E-state index contributed by atoms with van der Waals surface area (Å²) in [6.45, 7) is 1.20. The molecule has 6 heteroatoms. The lowest BCUT2D eigenvalue weighted by atomic mass is 10.00. The standard InChI is InChI=1S/C22H15N3O3/c26-22(27)24-17-5-4-12-2-1-3-16-19(12)20(17)15-10-25-9-14-11-28-7-6-13(14)8-18(25)21(15)23-16/h1-6,8-10,24H,7,11H2,(H,26,27). The second kappa shape index (κ2) is 5.43. The first-order valence-corrected chi connectivity index (χ1v) is 9.05. The van der Waals surface area contributed by atoms with E-state index >= 15 is 0 Å². The molecule has 0 radical (unpaired) electrons. The van der Waals surface area contributed by atoms with Crippen LogP contribution in [0.2, 0.25) is 0 Å². The van der Waals surface area contributed by atoms with Gasteiger partial charge in [0, 0.05) is 34.1 Å². The van der Waals surface area contributed by atoms with E-state index in [0.717, 1.165) is 48.9 Å². The number of pyridine rings is 2. The van der Waals surface area contributed by atoms with Crippen molar-refractivity contribution in [3.63, 3.8) is 0 Å². The molecule has 0 atom stereocenters. The van der Waals surface area contributed by atoms with Gasteiger partial charge in [-0.2, -0.15) is 0 Å². The molecule has 0 saturated heterocycles. The summed E-state index contributed by atoms with van der Waals surface area (Å²) in [7, 11) is 0. The van der Waals surface area contributed by atoms with E-state index in [0.29, 0.717) is 18.9 Å².